The van der Waals surface area contributed by atoms with Crippen LogP contribution in [0, 0.1) is 13.8 Å². The van der Waals surface area contributed by atoms with Crippen molar-refractivity contribution in [2.24, 2.45) is 5.73 Å². The van der Waals surface area contributed by atoms with Gasteiger partial charge in [0.05, 0.1) is 0 Å². The highest BCUT2D eigenvalue weighted by atomic mass is 32.2. The molecule has 0 aromatic carbocycles. The molecule has 0 amide bonds. The largest absolute Gasteiger partial charge is 0.328 e. The molecule has 3 nitrogen and oxygen atoms in total. The Bertz CT molecular complexity index is 292. The molecule has 84 valence electrons. The van der Waals surface area contributed by atoms with Crippen molar-refractivity contribution < 1.29 is 0 Å². The van der Waals surface area contributed by atoms with E-state index in [0.717, 1.165) is 35.1 Å². The van der Waals surface area contributed by atoms with Gasteiger partial charge in [-0.05, 0) is 39.7 Å². The molecule has 1 atom stereocenters. The Hall–Kier alpha value is -0.610. The number of hydrogen-bond donors (Lipinski definition) is 1. The highest BCUT2D eigenvalue weighted by molar-refractivity contribution is 7.99. The zero-order valence-corrected chi connectivity index (χ0v) is 10.5. The predicted molar refractivity (Wildman–Crippen MR) is 65.1 cm³/mol. The Morgan fingerprint density at radius 1 is 1.33 bits per heavy atom. The molecule has 0 bridgehead atoms. The molecular weight excluding hydrogens is 206 g/mol. The molecule has 1 aromatic heterocycles. The quantitative estimate of drug-likeness (QED) is 0.474. The maximum atomic E-state index is 5.68. The van der Waals surface area contributed by atoms with E-state index in [9.17, 15) is 0 Å². The summed E-state index contributed by atoms with van der Waals surface area (Å²) in [6, 6.07) is 2.29. The molecule has 0 saturated heterocycles. The van der Waals surface area contributed by atoms with E-state index < -0.39 is 0 Å². The van der Waals surface area contributed by atoms with E-state index in [1.54, 1.807) is 11.8 Å². The summed E-state index contributed by atoms with van der Waals surface area (Å²) >= 11 is 1.71. The van der Waals surface area contributed by atoms with Crippen molar-refractivity contribution in [3.05, 3.63) is 17.5 Å². The van der Waals surface area contributed by atoms with Gasteiger partial charge in [0.15, 0.2) is 5.16 Å². The molecule has 1 aromatic rings. The van der Waals surface area contributed by atoms with Crippen molar-refractivity contribution in [2.45, 2.75) is 44.8 Å². The molecule has 0 aliphatic heterocycles. The Balaban J connectivity index is 2.37. The van der Waals surface area contributed by atoms with Crippen LogP contribution in [0.2, 0.25) is 0 Å². The van der Waals surface area contributed by atoms with Gasteiger partial charge in [-0.3, -0.25) is 0 Å². The minimum absolute atomic E-state index is 0.297. The predicted octanol–water partition coefficient (Wildman–Crippen LogP) is 2.31. The van der Waals surface area contributed by atoms with E-state index in [0.29, 0.717) is 6.04 Å². The average molecular weight is 225 g/mol. The first kappa shape index (κ1) is 12.5. The number of aromatic nitrogens is 2. The minimum Gasteiger partial charge on any atom is -0.328 e. The second-order valence-corrected chi connectivity index (χ2v) is 4.96. The lowest BCUT2D eigenvalue weighted by atomic mass is 10.2. The fourth-order valence-corrected chi connectivity index (χ4v) is 2.24. The summed E-state index contributed by atoms with van der Waals surface area (Å²) in [6.45, 7) is 6.04. The van der Waals surface area contributed by atoms with Crippen LogP contribution in [0.5, 0.6) is 0 Å². The van der Waals surface area contributed by atoms with Gasteiger partial charge < -0.3 is 5.73 Å². The molecule has 1 unspecified atom stereocenters. The lowest BCUT2D eigenvalue weighted by Crippen LogP contribution is -2.14. The molecule has 15 heavy (non-hydrogen) atoms. The molecule has 0 radical (unpaired) electrons. The Morgan fingerprint density at radius 2 is 1.93 bits per heavy atom. The molecule has 0 aliphatic rings. The highest BCUT2D eigenvalue weighted by Gasteiger charge is 2.01. The molecule has 1 heterocycles. The molecule has 0 saturated carbocycles. The lowest BCUT2D eigenvalue weighted by Gasteiger charge is -2.04. The second-order valence-electron chi connectivity index (χ2n) is 3.90. The SMILES string of the molecule is Cc1cc(C)nc(SCCCC(C)N)n1. The van der Waals surface area contributed by atoms with E-state index in [-0.39, 0.29) is 0 Å². The van der Waals surface area contributed by atoms with Gasteiger partial charge in [0.25, 0.3) is 0 Å². The fourth-order valence-electron chi connectivity index (χ4n) is 1.33. The van der Waals surface area contributed by atoms with Crippen molar-refractivity contribution in [2.75, 3.05) is 5.75 Å². The van der Waals surface area contributed by atoms with E-state index in [4.69, 9.17) is 5.73 Å². The number of nitrogens with two attached hydrogens (primary N) is 1. The molecule has 2 N–H and O–H groups in total. The van der Waals surface area contributed by atoms with Crippen LogP contribution < -0.4 is 5.73 Å². The zero-order valence-electron chi connectivity index (χ0n) is 9.66. The maximum Gasteiger partial charge on any atom is 0.187 e. The minimum atomic E-state index is 0.297. The summed E-state index contributed by atoms with van der Waals surface area (Å²) in [5.41, 5.74) is 7.76. The normalized spacial score (nSPS) is 12.8. The van der Waals surface area contributed by atoms with E-state index in [1.165, 1.54) is 0 Å². The third-order valence-electron chi connectivity index (χ3n) is 2.00. The Morgan fingerprint density at radius 3 is 2.47 bits per heavy atom. The first-order valence-electron chi connectivity index (χ1n) is 5.28. The standard InChI is InChI=1S/C11H19N3S/c1-8(12)5-4-6-15-11-13-9(2)7-10(3)14-11/h7-8H,4-6,12H2,1-3H3. The van der Waals surface area contributed by atoms with Crippen LogP contribution in [0.4, 0.5) is 0 Å². The number of aryl methyl sites for hydroxylation is 2. The van der Waals surface area contributed by atoms with Gasteiger partial charge in [-0.15, -0.1) is 0 Å². The fraction of sp³-hybridized carbons (Fsp3) is 0.636. The lowest BCUT2D eigenvalue weighted by molar-refractivity contribution is 0.656. The summed E-state index contributed by atoms with van der Waals surface area (Å²) in [6.07, 6.45) is 2.19. The number of thioether (sulfide) groups is 1. The van der Waals surface area contributed by atoms with Crippen LogP contribution >= 0.6 is 11.8 Å². The summed E-state index contributed by atoms with van der Waals surface area (Å²) in [5, 5.41) is 0.886. The van der Waals surface area contributed by atoms with Gasteiger partial charge >= 0.3 is 0 Å². The molecule has 1 rings (SSSR count). The summed E-state index contributed by atoms with van der Waals surface area (Å²) in [4.78, 5) is 8.74. The highest BCUT2D eigenvalue weighted by Crippen LogP contribution is 2.15. The summed E-state index contributed by atoms with van der Waals surface area (Å²) < 4.78 is 0. The number of hydrogen-bond acceptors (Lipinski definition) is 4. The first-order valence-corrected chi connectivity index (χ1v) is 6.27. The Labute approximate surface area is 95.9 Å². The van der Waals surface area contributed by atoms with Crippen molar-refractivity contribution >= 4 is 11.8 Å². The van der Waals surface area contributed by atoms with Gasteiger partial charge in [0.1, 0.15) is 0 Å². The third kappa shape index (κ3) is 5.14. The van der Waals surface area contributed by atoms with Crippen LogP contribution in [-0.4, -0.2) is 21.8 Å². The van der Waals surface area contributed by atoms with Gasteiger partial charge in [0.2, 0.25) is 0 Å². The first-order chi connectivity index (χ1) is 7.08. The zero-order chi connectivity index (χ0) is 11.3. The van der Waals surface area contributed by atoms with Crippen LogP contribution in [0.3, 0.4) is 0 Å². The van der Waals surface area contributed by atoms with E-state index in [1.807, 2.05) is 26.8 Å². The van der Waals surface area contributed by atoms with E-state index >= 15 is 0 Å². The van der Waals surface area contributed by atoms with Gasteiger partial charge in [-0.2, -0.15) is 0 Å². The van der Waals surface area contributed by atoms with Crippen LogP contribution in [-0.2, 0) is 0 Å². The topological polar surface area (TPSA) is 51.8 Å². The van der Waals surface area contributed by atoms with Gasteiger partial charge in [-0.25, -0.2) is 9.97 Å². The molecule has 4 heteroatoms. The molecule has 0 aliphatic carbocycles. The average Bonchev–Trinajstić information content (AvgIpc) is 2.10. The Kier molecular flexibility index (Phi) is 5.05. The van der Waals surface area contributed by atoms with Crippen molar-refractivity contribution in [3.8, 4) is 0 Å². The van der Waals surface area contributed by atoms with Gasteiger partial charge in [-0.1, -0.05) is 11.8 Å². The van der Waals surface area contributed by atoms with Crippen molar-refractivity contribution in [1.82, 2.24) is 9.97 Å². The molecule has 0 fully saturated rings. The maximum absolute atomic E-state index is 5.68. The summed E-state index contributed by atoms with van der Waals surface area (Å²) in [7, 11) is 0. The van der Waals surface area contributed by atoms with Crippen LogP contribution in [0.1, 0.15) is 31.2 Å². The summed E-state index contributed by atoms with van der Waals surface area (Å²) in [5.74, 6) is 1.05. The van der Waals surface area contributed by atoms with Crippen LogP contribution in [0.15, 0.2) is 11.2 Å². The van der Waals surface area contributed by atoms with E-state index in [2.05, 4.69) is 9.97 Å². The smallest absolute Gasteiger partial charge is 0.187 e. The van der Waals surface area contributed by atoms with Crippen molar-refractivity contribution in [3.63, 3.8) is 0 Å². The molecular formula is C11H19N3S. The second kappa shape index (κ2) is 6.08. The molecule has 0 spiro atoms. The van der Waals surface area contributed by atoms with Gasteiger partial charge in [0, 0.05) is 23.2 Å². The van der Waals surface area contributed by atoms with Crippen LogP contribution in [0.25, 0.3) is 0 Å². The van der Waals surface area contributed by atoms with Crippen molar-refractivity contribution in [1.29, 1.82) is 0 Å². The monoisotopic (exact) mass is 225 g/mol. The number of nitrogens with zero attached hydrogens (tertiary/aromatic N) is 2. The number of rotatable bonds is 5. The third-order valence-corrected chi connectivity index (χ3v) is 2.93.